The highest BCUT2D eigenvalue weighted by Gasteiger charge is 2.07. The van der Waals surface area contributed by atoms with Crippen molar-refractivity contribution in [1.82, 2.24) is 20.4 Å². The SMILES string of the molecule is CC/C(=N/NC(=O)CCn1nnc2ccccc21)c1ccccc1. The predicted octanol–water partition coefficient (Wildman–Crippen LogP) is 2.75. The molecule has 122 valence electrons. The lowest BCUT2D eigenvalue weighted by molar-refractivity contribution is -0.121. The molecule has 0 aliphatic rings. The third-order valence-electron chi connectivity index (χ3n) is 3.73. The van der Waals surface area contributed by atoms with Crippen molar-refractivity contribution in [2.24, 2.45) is 5.10 Å². The second-order valence-corrected chi connectivity index (χ2v) is 5.36. The molecule has 2 aromatic carbocycles. The van der Waals surface area contributed by atoms with Gasteiger partial charge in [-0.25, -0.2) is 10.1 Å². The number of amides is 1. The van der Waals surface area contributed by atoms with E-state index >= 15 is 0 Å². The van der Waals surface area contributed by atoms with Crippen molar-refractivity contribution in [3.8, 4) is 0 Å². The third-order valence-corrected chi connectivity index (χ3v) is 3.73. The summed E-state index contributed by atoms with van der Waals surface area (Å²) in [6.07, 6.45) is 1.04. The van der Waals surface area contributed by atoms with Crippen LogP contribution in [0.3, 0.4) is 0 Å². The number of carbonyl (C=O) groups is 1. The minimum absolute atomic E-state index is 0.142. The van der Waals surface area contributed by atoms with E-state index in [0.717, 1.165) is 28.7 Å². The summed E-state index contributed by atoms with van der Waals surface area (Å²) in [6, 6.07) is 17.5. The molecule has 6 nitrogen and oxygen atoms in total. The maximum Gasteiger partial charge on any atom is 0.241 e. The molecule has 6 heteroatoms. The zero-order chi connectivity index (χ0) is 16.8. The van der Waals surface area contributed by atoms with E-state index in [4.69, 9.17) is 0 Å². The van der Waals surface area contributed by atoms with Crippen molar-refractivity contribution in [3.05, 3.63) is 60.2 Å². The van der Waals surface area contributed by atoms with Gasteiger partial charge in [0.15, 0.2) is 0 Å². The van der Waals surface area contributed by atoms with Crippen LogP contribution >= 0.6 is 0 Å². The Morgan fingerprint density at radius 2 is 1.88 bits per heavy atom. The number of carbonyl (C=O) groups excluding carboxylic acids is 1. The zero-order valence-corrected chi connectivity index (χ0v) is 13.5. The molecule has 1 aromatic heterocycles. The predicted molar refractivity (Wildman–Crippen MR) is 93.6 cm³/mol. The molecule has 1 N–H and O–H groups in total. The average molecular weight is 321 g/mol. The van der Waals surface area contributed by atoms with Crippen molar-refractivity contribution in [2.75, 3.05) is 0 Å². The van der Waals surface area contributed by atoms with E-state index in [1.807, 2.05) is 61.5 Å². The van der Waals surface area contributed by atoms with Gasteiger partial charge in [0.05, 0.1) is 17.8 Å². The fraction of sp³-hybridized carbons (Fsp3) is 0.222. The van der Waals surface area contributed by atoms with Crippen molar-refractivity contribution in [3.63, 3.8) is 0 Å². The Kier molecular flexibility index (Phi) is 4.96. The fourth-order valence-electron chi connectivity index (χ4n) is 2.45. The molecule has 0 fully saturated rings. The maximum absolute atomic E-state index is 12.0. The summed E-state index contributed by atoms with van der Waals surface area (Å²) < 4.78 is 1.73. The highest BCUT2D eigenvalue weighted by Crippen LogP contribution is 2.10. The Morgan fingerprint density at radius 1 is 1.12 bits per heavy atom. The summed E-state index contributed by atoms with van der Waals surface area (Å²) >= 11 is 0. The Labute approximate surface area is 140 Å². The molecule has 0 aliphatic heterocycles. The number of fused-ring (bicyclic) bond motifs is 1. The second kappa shape index (κ2) is 7.50. The van der Waals surface area contributed by atoms with Crippen LogP contribution in [0, 0.1) is 0 Å². The number of rotatable bonds is 6. The number of para-hydroxylation sites is 1. The van der Waals surface area contributed by atoms with Crippen LogP contribution in [0.5, 0.6) is 0 Å². The van der Waals surface area contributed by atoms with Gasteiger partial charge in [0.2, 0.25) is 5.91 Å². The molecule has 0 aliphatic carbocycles. The number of hydrazone groups is 1. The largest absolute Gasteiger partial charge is 0.273 e. The maximum atomic E-state index is 12.0. The van der Waals surface area contributed by atoms with Gasteiger partial charge in [-0.05, 0) is 24.1 Å². The second-order valence-electron chi connectivity index (χ2n) is 5.36. The van der Waals surface area contributed by atoms with E-state index in [0.29, 0.717) is 13.0 Å². The average Bonchev–Trinajstić information content (AvgIpc) is 3.04. The number of nitrogens with zero attached hydrogens (tertiary/aromatic N) is 4. The fourth-order valence-corrected chi connectivity index (χ4v) is 2.45. The third kappa shape index (κ3) is 3.65. The summed E-state index contributed by atoms with van der Waals surface area (Å²) in [4.78, 5) is 12.0. The van der Waals surface area contributed by atoms with Crippen LogP contribution < -0.4 is 5.43 Å². The van der Waals surface area contributed by atoms with E-state index in [1.54, 1.807) is 4.68 Å². The molecule has 0 bridgehead atoms. The number of benzene rings is 2. The molecular formula is C18H19N5O. The normalized spacial score (nSPS) is 11.6. The summed E-state index contributed by atoms with van der Waals surface area (Å²) in [7, 11) is 0. The van der Waals surface area contributed by atoms with Crippen LogP contribution in [-0.2, 0) is 11.3 Å². The van der Waals surface area contributed by atoms with Crippen LogP contribution in [0.1, 0.15) is 25.3 Å². The Balaban J connectivity index is 1.60. The van der Waals surface area contributed by atoms with Crippen molar-refractivity contribution < 1.29 is 4.79 Å². The van der Waals surface area contributed by atoms with Gasteiger partial charge in [0.25, 0.3) is 0 Å². The monoisotopic (exact) mass is 321 g/mol. The van der Waals surface area contributed by atoms with Crippen molar-refractivity contribution >= 4 is 22.7 Å². The van der Waals surface area contributed by atoms with Crippen LogP contribution in [-0.4, -0.2) is 26.6 Å². The molecular weight excluding hydrogens is 302 g/mol. The first kappa shape index (κ1) is 15.9. The first-order valence-electron chi connectivity index (χ1n) is 7.97. The van der Waals surface area contributed by atoms with E-state index in [9.17, 15) is 4.79 Å². The molecule has 3 aromatic rings. The van der Waals surface area contributed by atoms with Gasteiger partial charge in [-0.15, -0.1) is 5.10 Å². The summed E-state index contributed by atoms with van der Waals surface area (Å²) in [5.41, 5.74) is 6.25. The highest BCUT2D eigenvalue weighted by molar-refractivity contribution is 6.00. The first-order valence-corrected chi connectivity index (χ1v) is 7.97. The smallest absolute Gasteiger partial charge is 0.241 e. The quantitative estimate of drug-likeness (QED) is 0.560. The number of hydrogen-bond donors (Lipinski definition) is 1. The minimum atomic E-state index is -0.142. The van der Waals surface area contributed by atoms with E-state index in [-0.39, 0.29) is 5.91 Å². The number of nitrogens with one attached hydrogen (secondary N) is 1. The lowest BCUT2D eigenvalue weighted by Crippen LogP contribution is -2.21. The van der Waals surface area contributed by atoms with Crippen LogP contribution in [0.4, 0.5) is 0 Å². The zero-order valence-electron chi connectivity index (χ0n) is 13.5. The minimum Gasteiger partial charge on any atom is -0.273 e. The molecule has 24 heavy (non-hydrogen) atoms. The summed E-state index contributed by atoms with van der Waals surface area (Å²) in [5.74, 6) is -0.142. The van der Waals surface area contributed by atoms with Crippen LogP contribution in [0.25, 0.3) is 11.0 Å². The van der Waals surface area contributed by atoms with Gasteiger partial charge in [-0.2, -0.15) is 5.10 Å². The highest BCUT2D eigenvalue weighted by atomic mass is 16.2. The molecule has 0 saturated carbocycles. The topological polar surface area (TPSA) is 72.2 Å². The first-order chi connectivity index (χ1) is 11.8. The standard InChI is InChI=1S/C18H19N5O/c1-2-15(14-8-4-3-5-9-14)19-21-18(24)12-13-23-17-11-7-6-10-16(17)20-22-23/h3-11H,2,12-13H2,1H3,(H,21,24)/b19-15-. The molecule has 0 unspecified atom stereocenters. The lowest BCUT2D eigenvalue weighted by Gasteiger charge is -2.05. The van der Waals surface area contributed by atoms with E-state index in [1.165, 1.54) is 0 Å². The molecule has 3 rings (SSSR count). The van der Waals surface area contributed by atoms with Gasteiger partial charge in [-0.1, -0.05) is 54.6 Å². The van der Waals surface area contributed by atoms with Crippen LogP contribution in [0.2, 0.25) is 0 Å². The molecule has 0 saturated heterocycles. The molecule has 1 heterocycles. The lowest BCUT2D eigenvalue weighted by atomic mass is 10.1. The van der Waals surface area contributed by atoms with E-state index < -0.39 is 0 Å². The van der Waals surface area contributed by atoms with Crippen molar-refractivity contribution in [2.45, 2.75) is 26.3 Å². The number of aryl methyl sites for hydroxylation is 1. The van der Waals surface area contributed by atoms with Gasteiger partial charge >= 0.3 is 0 Å². The summed E-state index contributed by atoms with van der Waals surface area (Å²) in [6.45, 7) is 2.48. The molecule has 0 radical (unpaired) electrons. The summed E-state index contributed by atoms with van der Waals surface area (Å²) in [5, 5.41) is 12.4. The van der Waals surface area contributed by atoms with Gasteiger partial charge in [0, 0.05) is 6.42 Å². The van der Waals surface area contributed by atoms with Gasteiger partial charge in [-0.3, -0.25) is 4.79 Å². The van der Waals surface area contributed by atoms with Gasteiger partial charge < -0.3 is 0 Å². The van der Waals surface area contributed by atoms with Crippen LogP contribution in [0.15, 0.2) is 59.7 Å². The molecule has 0 atom stereocenters. The molecule has 1 amide bonds. The van der Waals surface area contributed by atoms with E-state index in [2.05, 4.69) is 20.8 Å². The van der Waals surface area contributed by atoms with Gasteiger partial charge in [0.1, 0.15) is 5.52 Å². The number of aromatic nitrogens is 3. The van der Waals surface area contributed by atoms with Crippen molar-refractivity contribution in [1.29, 1.82) is 0 Å². The molecule has 0 spiro atoms. The Bertz CT molecular complexity index is 854. The Hall–Kier alpha value is -3.02. The number of hydrogen-bond acceptors (Lipinski definition) is 4. The Morgan fingerprint density at radius 3 is 2.67 bits per heavy atom.